The molecular formula is C13H16BrN3O3S. The minimum atomic E-state index is -3.63. The first-order chi connectivity index (χ1) is 9.92. The topological polar surface area (TPSA) is 84.2 Å². The Balaban J connectivity index is 2.20. The van der Waals surface area contributed by atoms with Crippen molar-refractivity contribution in [2.24, 2.45) is 0 Å². The van der Waals surface area contributed by atoms with Crippen molar-refractivity contribution in [2.75, 3.05) is 7.05 Å². The molecule has 2 N–H and O–H groups in total. The van der Waals surface area contributed by atoms with E-state index in [1.807, 2.05) is 6.07 Å². The van der Waals surface area contributed by atoms with E-state index in [4.69, 9.17) is 4.52 Å². The monoisotopic (exact) mass is 373 g/mol. The minimum Gasteiger partial charge on any atom is -0.361 e. The van der Waals surface area contributed by atoms with Crippen LogP contribution < -0.4 is 10.0 Å². The fraction of sp³-hybridized carbons (Fsp3) is 0.308. The first-order valence-electron chi connectivity index (χ1n) is 6.27. The number of nitrogens with one attached hydrogen (secondary N) is 2. The summed E-state index contributed by atoms with van der Waals surface area (Å²) in [6, 6.07) is 6.91. The number of hydrogen-bond donors (Lipinski definition) is 2. The van der Waals surface area contributed by atoms with Gasteiger partial charge in [-0.1, -0.05) is 11.2 Å². The fourth-order valence-electron chi connectivity index (χ4n) is 1.82. The molecule has 1 heterocycles. The van der Waals surface area contributed by atoms with Gasteiger partial charge in [-0.2, -0.15) is 0 Å². The molecule has 0 spiro atoms. The fourth-order valence-corrected chi connectivity index (χ4v) is 3.83. The van der Waals surface area contributed by atoms with Crippen LogP contribution >= 0.6 is 15.9 Å². The van der Waals surface area contributed by atoms with Crippen LogP contribution in [0.1, 0.15) is 17.0 Å². The molecule has 0 unspecified atom stereocenters. The van der Waals surface area contributed by atoms with E-state index in [0.717, 1.165) is 5.56 Å². The van der Waals surface area contributed by atoms with Crippen molar-refractivity contribution in [3.05, 3.63) is 45.8 Å². The molecule has 0 saturated heterocycles. The Labute approximate surface area is 132 Å². The van der Waals surface area contributed by atoms with Gasteiger partial charge in [0.25, 0.3) is 0 Å². The Kier molecular flexibility index (Phi) is 5.15. The highest BCUT2D eigenvalue weighted by molar-refractivity contribution is 9.10. The summed E-state index contributed by atoms with van der Waals surface area (Å²) in [5.41, 5.74) is 1.43. The third-order valence-electron chi connectivity index (χ3n) is 2.79. The highest BCUT2D eigenvalue weighted by Gasteiger charge is 2.18. The van der Waals surface area contributed by atoms with Gasteiger partial charge < -0.3 is 9.84 Å². The van der Waals surface area contributed by atoms with Crippen LogP contribution in [0.4, 0.5) is 0 Å². The van der Waals surface area contributed by atoms with Crippen LogP contribution in [-0.2, 0) is 23.1 Å². The maximum Gasteiger partial charge on any atom is 0.242 e. The smallest absolute Gasteiger partial charge is 0.242 e. The molecule has 1 aromatic heterocycles. The first-order valence-corrected chi connectivity index (χ1v) is 8.55. The van der Waals surface area contributed by atoms with Crippen LogP contribution in [0.2, 0.25) is 0 Å². The molecule has 21 heavy (non-hydrogen) atoms. The van der Waals surface area contributed by atoms with E-state index < -0.39 is 10.0 Å². The lowest BCUT2D eigenvalue weighted by atomic mass is 10.2. The molecule has 0 fully saturated rings. The third-order valence-corrected chi connectivity index (χ3v) is 5.18. The van der Waals surface area contributed by atoms with Crippen molar-refractivity contribution in [2.45, 2.75) is 24.9 Å². The molecule has 0 amide bonds. The van der Waals surface area contributed by atoms with Gasteiger partial charge in [-0.05, 0) is 47.6 Å². The summed E-state index contributed by atoms with van der Waals surface area (Å²) in [6.45, 7) is 2.43. The number of rotatable bonds is 6. The third kappa shape index (κ3) is 4.13. The van der Waals surface area contributed by atoms with Crippen LogP contribution in [0.3, 0.4) is 0 Å². The second-order valence-corrected chi connectivity index (χ2v) is 7.14. The van der Waals surface area contributed by atoms with Gasteiger partial charge in [0.2, 0.25) is 10.0 Å². The predicted octanol–water partition coefficient (Wildman–Crippen LogP) is 1.94. The van der Waals surface area contributed by atoms with Crippen LogP contribution in [-0.4, -0.2) is 20.6 Å². The molecule has 6 nitrogen and oxygen atoms in total. The molecule has 0 atom stereocenters. The average Bonchev–Trinajstić information content (AvgIpc) is 2.85. The molecule has 0 bridgehead atoms. The zero-order valence-electron chi connectivity index (χ0n) is 11.7. The molecule has 0 aliphatic rings. The second kappa shape index (κ2) is 6.69. The van der Waals surface area contributed by atoms with Crippen molar-refractivity contribution in [3.63, 3.8) is 0 Å². The molecule has 1 aromatic carbocycles. The van der Waals surface area contributed by atoms with E-state index in [2.05, 4.69) is 31.1 Å². The van der Waals surface area contributed by atoms with Gasteiger partial charge in [0.15, 0.2) is 0 Å². The molecule has 8 heteroatoms. The summed E-state index contributed by atoms with van der Waals surface area (Å²) >= 11 is 3.27. The molecular weight excluding hydrogens is 358 g/mol. The zero-order chi connectivity index (χ0) is 15.5. The summed E-state index contributed by atoms with van der Waals surface area (Å²) < 4.78 is 32.7. The number of aryl methyl sites for hydroxylation is 1. The number of nitrogens with zero attached hydrogens (tertiary/aromatic N) is 1. The average molecular weight is 374 g/mol. The predicted molar refractivity (Wildman–Crippen MR) is 82.2 cm³/mol. The van der Waals surface area contributed by atoms with Crippen molar-refractivity contribution >= 4 is 26.0 Å². The van der Waals surface area contributed by atoms with Gasteiger partial charge >= 0.3 is 0 Å². The summed E-state index contributed by atoms with van der Waals surface area (Å²) in [5.74, 6) is 0.640. The summed E-state index contributed by atoms with van der Waals surface area (Å²) in [7, 11) is -1.82. The second-order valence-electron chi connectivity index (χ2n) is 4.55. The molecule has 0 aliphatic carbocycles. The first kappa shape index (κ1) is 16.2. The molecule has 2 rings (SSSR count). The van der Waals surface area contributed by atoms with Crippen LogP contribution in [0.5, 0.6) is 0 Å². The van der Waals surface area contributed by atoms with Gasteiger partial charge in [0.05, 0.1) is 17.1 Å². The maximum atomic E-state index is 12.4. The van der Waals surface area contributed by atoms with Gasteiger partial charge in [-0.15, -0.1) is 0 Å². The normalized spacial score (nSPS) is 11.8. The maximum absolute atomic E-state index is 12.4. The highest BCUT2D eigenvalue weighted by Crippen LogP contribution is 2.23. The van der Waals surface area contributed by atoms with Gasteiger partial charge in [0, 0.05) is 17.1 Å². The number of hydrogen-bond acceptors (Lipinski definition) is 5. The van der Waals surface area contributed by atoms with Gasteiger partial charge in [0.1, 0.15) is 5.76 Å². The van der Waals surface area contributed by atoms with Crippen molar-refractivity contribution in [3.8, 4) is 0 Å². The van der Waals surface area contributed by atoms with Crippen molar-refractivity contribution < 1.29 is 12.9 Å². The van der Waals surface area contributed by atoms with Crippen LogP contribution in [0.15, 0.2) is 38.2 Å². The number of aromatic nitrogens is 1. The Morgan fingerprint density at radius 1 is 1.29 bits per heavy atom. The zero-order valence-corrected chi connectivity index (χ0v) is 14.1. The summed E-state index contributed by atoms with van der Waals surface area (Å²) in [6.07, 6.45) is 0. The SMILES string of the molecule is CNCc1ccc(Br)c(S(=O)(=O)NCc2cc(C)on2)c1. The standard InChI is InChI=1S/C13H16BrN3O3S/c1-9-5-11(17-20-9)8-16-21(18,19)13-6-10(7-15-2)3-4-12(13)14/h3-6,15-16H,7-8H2,1-2H3. The van der Waals surface area contributed by atoms with E-state index in [1.165, 1.54) is 0 Å². The largest absolute Gasteiger partial charge is 0.361 e. The minimum absolute atomic E-state index is 0.0857. The van der Waals surface area contributed by atoms with Crippen molar-refractivity contribution in [1.82, 2.24) is 15.2 Å². The Morgan fingerprint density at radius 2 is 2.05 bits per heavy atom. The molecule has 0 aliphatic heterocycles. The van der Waals surface area contributed by atoms with E-state index in [0.29, 0.717) is 22.5 Å². The van der Waals surface area contributed by atoms with E-state index in [1.54, 1.807) is 32.2 Å². The Hall–Kier alpha value is -1.22. The molecule has 114 valence electrons. The van der Waals surface area contributed by atoms with Gasteiger partial charge in [-0.25, -0.2) is 13.1 Å². The van der Waals surface area contributed by atoms with Gasteiger partial charge in [-0.3, -0.25) is 0 Å². The van der Waals surface area contributed by atoms with Crippen molar-refractivity contribution in [1.29, 1.82) is 0 Å². The Bertz CT molecular complexity index is 728. The summed E-state index contributed by atoms with van der Waals surface area (Å²) in [4.78, 5) is 0.204. The molecule has 2 aromatic rings. The number of benzene rings is 1. The quantitative estimate of drug-likeness (QED) is 0.808. The number of halogens is 1. The Morgan fingerprint density at radius 3 is 2.67 bits per heavy atom. The van der Waals surface area contributed by atoms with Crippen LogP contribution in [0.25, 0.3) is 0 Å². The lowest BCUT2D eigenvalue weighted by Crippen LogP contribution is -2.24. The molecule has 0 saturated carbocycles. The molecule has 0 radical (unpaired) electrons. The van der Waals surface area contributed by atoms with E-state index in [-0.39, 0.29) is 11.4 Å². The lowest BCUT2D eigenvalue weighted by Gasteiger charge is -2.09. The van der Waals surface area contributed by atoms with E-state index in [9.17, 15) is 8.42 Å². The highest BCUT2D eigenvalue weighted by atomic mass is 79.9. The van der Waals surface area contributed by atoms with Crippen LogP contribution in [0, 0.1) is 6.92 Å². The summed E-state index contributed by atoms with van der Waals surface area (Å²) in [5, 5.41) is 6.75. The number of sulfonamides is 1. The van der Waals surface area contributed by atoms with E-state index >= 15 is 0 Å². The lowest BCUT2D eigenvalue weighted by molar-refractivity contribution is 0.390.